The Hall–Kier alpha value is -1.01. The fourth-order valence-corrected chi connectivity index (χ4v) is 4.73. The second-order valence-electron chi connectivity index (χ2n) is 7.61. The zero-order valence-corrected chi connectivity index (χ0v) is 19.5. The molecule has 3 N–H and O–H groups in total. The highest BCUT2D eigenvalue weighted by molar-refractivity contribution is 14.0. The van der Waals surface area contributed by atoms with Crippen LogP contribution in [0.5, 0.6) is 0 Å². The van der Waals surface area contributed by atoms with Crippen molar-refractivity contribution in [2.24, 2.45) is 5.92 Å². The van der Waals surface area contributed by atoms with Crippen LogP contribution in [-0.2, 0) is 10.0 Å². The number of anilines is 2. The normalized spacial score (nSPS) is 19.6. The molecule has 1 aliphatic carbocycles. The average molecular weight is 524 g/mol. The van der Waals surface area contributed by atoms with Crippen LogP contribution >= 0.6 is 24.0 Å². The van der Waals surface area contributed by atoms with E-state index in [-0.39, 0.29) is 31.4 Å². The van der Waals surface area contributed by atoms with Crippen LogP contribution in [0.1, 0.15) is 51.9 Å². The van der Waals surface area contributed by atoms with E-state index < -0.39 is 10.0 Å². The standard InChI is InChI=1S/C18H30N6O2S.HI.H2/c1-27(25,26)24-9-7-16(8-10-24)22-18-21-13-15(11-19)17(23-18)20-12-14-5-3-2-4-6-14;;/h11,13-14,16,19H,2-10,12H2,1H3,(H2,20,21,22,23);2*1H. The summed E-state index contributed by atoms with van der Waals surface area (Å²) in [5.41, 5.74) is 0.684. The van der Waals surface area contributed by atoms with Gasteiger partial charge in [-0.15, -0.1) is 24.0 Å². The summed E-state index contributed by atoms with van der Waals surface area (Å²) in [6.07, 6.45) is 12.1. The maximum atomic E-state index is 11.6. The topological polar surface area (TPSA) is 111 Å². The van der Waals surface area contributed by atoms with Crippen LogP contribution in [0.2, 0.25) is 0 Å². The van der Waals surface area contributed by atoms with E-state index in [0.717, 1.165) is 19.4 Å². The Kier molecular flexibility index (Phi) is 8.87. The van der Waals surface area contributed by atoms with Gasteiger partial charge in [-0.1, -0.05) is 19.3 Å². The summed E-state index contributed by atoms with van der Waals surface area (Å²) in [5, 5.41) is 14.3. The quantitative estimate of drug-likeness (QED) is 0.373. The molecule has 2 heterocycles. The summed E-state index contributed by atoms with van der Waals surface area (Å²) in [6, 6.07) is 0.153. The maximum absolute atomic E-state index is 11.6. The smallest absolute Gasteiger partial charge is 0.224 e. The number of hydrogen-bond donors (Lipinski definition) is 3. The molecule has 0 unspecified atom stereocenters. The van der Waals surface area contributed by atoms with Gasteiger partial charge in [-0.25, -0.2) is 17.7 Å². The van der Waals surface area contributed by atoms with Crippen molar-refractivity contribution >= 4 is 52.0 Å². The highest BCUT2D eigenvalue weighted by atomic mass is 127. The summed E-state index contributed by atoms with van der Waals surface area (Å²) in [4.78, 5) is 8.89. The van der Waals surface area contributed by atoms with Crippen molar-refractivity contribution < 1.29 is 9.84 Å². The zero-order valence-electron chi connectivity index (χ0n) is 16.4. The van der Waals surface area contributed by atoms with Gasteiger partial charge in [-0.3, -0.25) is 0 Å². The van der Waals surface area contributed by atoms with E-state index >= 15 is 0 Å². The molecule has 2 aliphatic rings. The predicted octanol–water partition coefficient (Wildman–Crippen LogP) is 3.17. The summed E-state index contributed by atoms with van der Waals surface area (Å²) in [6.45, 7) is 1.91. The van der Waals surface area contributed by atoms with E-state index in [2.05, 4.69) is 20.6 Å². The number of hydrogen-bond acceptors (Lipinski definition) is 7. The lowest BCUT2D eigenvalue weighted by Crippen LogP contribution is -2.42. The van der Waals surface area contributed by atoms with Gasteiger partial charge in [0.15, 0.2) is 0 Å². The Morgan fingerprint density at radius 3 is 2.54 bits per heavy atom. The van der Waals surface area contributed by atoms with Gasteiger partial charge in [0.2, 0.25) is 16.0 Å². The number of rotatable bonds is 7. The van der Waals surface area contributed by atoms with Gasteiger partial charge in [0.25, 0.3) is 0 Å². The number of nitrogens with zero attached hydrogens (tertiary/aromatic N) is 3. The van der Waals surface area contributed by atoms with Gasteiger partial charge in [-0.2, -0.15) is 4.98 Å². The largest absolute Gasteiger partial charge is 0.369 e. The van der Waals surface area contributed by atoms with Crippen LogP contribution in [0.3, 0.4) is 0 Å². The number of halogens is 1. The van der Waals surface area contributed by atoms with E-state index in [1.54, 1.807) is 6.20 Å². The highest BCUT2D eigenvalue weighted by Crippen LogP contribution is 2.24. The molecular weight excluding hydrogens is 491 g/mol. The maximum Gasteiger partial charge on any atom is 0.224 e. The van der Waals surface area contributed by atoms with Gasteiger partial charge >= 0.3 is 0 Å². The summed E-state index contributed by atoms with van der Waals surface area (Å²) in [7, 11) is -3.12. The Morgan fingerprint density at radius 1 is 1.25 bits per heavy atom. The summed E-state index contributed by atoms with van der Waals surface area (Å²) < 4.78 is 24.8. The van der Waals surface area contributed by atoms with E-state index in [9.17, 15) is 8.42 Å². The van der Waals surface area contributed by atoms with Crippen LogP contribution in [0, 0.1) is 11.3 Å². The minimum atomic E-state index is -3.12. The van der Waals surface area contributed by atoms with Gasteiger partial charge in [0.05, 0.1) is 11.8 Å². The second kappa shape index (κ2) is 10.7. The Morgan fingerprint density at radius 2 is 1.93 bits per heavy atom. The minimum absolute atomic E-state index is 0. The Labute approximate surface area is 186 Å². The summed E-state index contributed by atoms with van der Waals surface area (Å²) in [5.74, 6) is 1.90. The molecule has 2 fully saturated rings. The molecular formula is C18H33IN6O2S. The first-order valence-corrected chi connectivity index (χ1v) is 11.6. The molecule has 0 spiro atoms. The second-order valence-corrected chi connectivity index (χ2v) is 9.59. The van der Waals surface area contributed by atoms with E-state index in [4.69, 9.17) is 5.41 Å². The van der Waals surface area contributed by atoms with Gasteiger partial charge < -0.3 is 16.0 Å². The first-order valence-electron chi connectivity index (χ1n) is 9.79. The van der Waals surface area contributed by atoms with Crippen LogP contribution in [-0.4, -0.2) is 60.8 Å². The molecule has 1 aromatic heterocycles. The first kappa shape index (κ1) is 23.3. The van der Waals surface area contributed by atoms with Crippen molar-refractivity contribution in [3.8, 4) is 0 Å². The lowest BCUT2D eigenvalue weighted by molar-refractivity contribution is 0.331. The zero-order chi connectivity index (χ0) is 19.3. The molecule has 3 rings (SSSR count). The van der Waals surface area contributed by atoms with Crippen molar-refractivity contribution in [1.29, 1.82) is 5.41 Å². The number of aromatic nitrogens is 2. The Balaban J connectivity index is 0.00000210. The van der Waals surface area contributed by atoms with Crippen LogP contribution in [0.15, 0.2) is 6.20 Å². The molecule has 1 aliphatic heterocycles. The van der Waals surface area contributed by atoms with E-state index in [1.165, 1.54) is 48.9 Å². The molecule has 0 bridgehead atoms. The summed E-state index contributed by atoms with van der Waals surface area (Å²) >= 11 is 0. The predicted molar refractivity (Wildman–Crippen MR) is 126 cm³/mol. The number of nitrogens with one attached hydrogen (secondary N) is 3. The molecule has 1 saturated carbocycles. The molecule has 1 saturated heterocycles. The van der Waals surface area contributed by atoms with Gasteiger partial charge in [-0.05, 0) is 31.6 Å². The number of piperidine rings is 1. The molecule has 1 aromatic rings. The molecule has 0 atom stereocenters. The monoisotopic (exact) mass is 524 g/mol. The van der Waals surface area contributed by atoms with Crippen LogP contribution in [0.4, 0.5) is 11.8 Å². The van der Waals surface area contributed by atoms with Crippen molar-refractivity contribution in [1.82, 2.24) is 14.3 Å². The molecule has 8 nitrogen and oxygen atoms in total. The molecule has 28 heavy (non-hydrogen) atoms. The average Bonchev–Trinajstić information content (AvgIpc) is 2.67. The van der Waals surface area contributed by atoms with Crippen molar-refractivity contribution in [3.63, 3.8) is 0 Å². The van der Waals surface area contributed by atoms with E-state index in [0.29, 0.717) is 36.3 Å². The SMILES string of the molecule is CS(=O)(=O)N1CCC(Nc2ncc(C=N)c(NCC3CCCCC3)n2)CC1.I.[HH]. The molecule has 0 radical (unpaired) electrons. The minimum Gasteiger partial charge on any atom is -0.369 e. The fourth-order valence-electron chi connectivity index (χ4n) is 3.85. The van der Waals surface area contributed by atoms with Gasteiger partial charge in [0.1, 0.15) is 5.82 Å². The van der Waals surface area contributed by atoms with E-state index in [1.807, 2.05) is 0 Å². The van der Waals surface area contributed by atoms with Crippen molar-refractivity contribution in [2.45, 2.75) is 51.0 Å². The fraction of sp³-hybridized carbons (Fsp3) is 0.722. The Bertz CT molecular complexity index is 753. The molecule has 0 amide bonds. The molecule has 10 heteroatoms. The first-order chi connectivity index (χ1) is 13.0. The third kappa shape index (κ3) is 6.51. The third-order valence-corrected chi connectivity index (χ3v) is 6.81. The lowest BCUT2D eigenvalue weighted by atomic mass is 9.89. The molecule has 160 valence electrons. The van der Waals surface area contributed by atoms with Gasteiger partial charge in [0, 0.05) is 39.5 Å². The van der Waals surface area contributed by atoms with Crippen LogP contribution < -0.4 is 10.6 Å². The molecule has 0 aromatic carbocycles. The number of sulfonamides is 1. The third-order valence-electron chi connectivity index (χ3n) is 5.51. The lowest BCUT2D eigenvalue weighted by Gasteiger charge is -2.30. The highest BCUT2D eigenvalue weighted by Gasteiger charge is 2.25. The van der Waals surface area contributed by atoms with Crippen LogP contribution in [0.25, 0.3) is 0 Å². The van der Waals surface area contributed by atoms with Crippen molar-refractivity contribution in [2.75, 3.05) is 36.5 Å². The van der Waals surface area contributed by atoms with Crippen molar-refractivity contribution in [3.05, 3.63) is 11.8 Å².